The molecule has 3 unspecified atom stereocenters. The maximum Gasteiger partial charge on any atom is 0.246 e. The van der Waals surface area contributed by atoms with Gasteiger partial charge in [-0.25, -0.2) is 0 Å². The van der Waals surface area contributed by atoms with Gasteiger partial charge in [-0.1, -0.05) is 13.8 Å². The van der Waals surface area contributed by atoms with Gasteiger partial charge in [0.05, 0.1) is 0 Å². The van der Waals surface area contributed by atoms with E-state index >= 15 is 0 Å². The third-order valence-electron chi connectivity index (χ3n) is 3.60. The van der Waals surface area contributed by atoms with Gasteiger partial charge in [0.2, 0.25) is 11.8 Å². The SMILES string of the molecule is CCC1NC(=O)C(CC)N(C2CCSC2)C1=O. The second-order valence-electron chi connectivity index (χ2n) is 4.66. The lowest BCUT2D eigenvalue weighted by Gasteiger charge is -2.41. The number of piperazine rings is 1. The molecule has 4 nitrogen and oxygen atoms in total. The molecule has 0 bridgehead atoms. The highest BCUT2D eigenvalue weighted by Gasteiger charge is 2.42. The van der Waals surface area contributed by atoms with E-state index in [9.17, 15) is 9.59 Å². The number of hydrogen-bond donors (Lipinski definition) is 1. The number of nitrogens with zero attached hydrogens (tertiary/aromatic N) is 1. The first-order valence-electron chi connectivity index (χ1n) is 6.39. The standard InChI is InChI=1S/C12H20N2O2S/c1-3-9-12(16)14(8-5-6-17-7-8)10(4-2)11(15)13-9/h8-10H,3-7H2,1-2H3,(H,13,15). The molecular formula is C12H20N2O2S. The van der Waals surface area contributed by atoms with Crippen LogP contribution in [-0.4, -0.2) is 46.3 Å². The molecule has 2 saturated heterocycles. The molecule has 0 aromatic carbocycles. The van der Waals surface area contributed by atoms with Gasteiger partial charge in [0.1, 0.15) is 12.1 Å². The Labute approximate surface area is 106 Å². The van der Waals surface area contributed by atoms with E-state index < -0.39 is 0 Å². The van der Waals surface area contributed by atoms with Gasteiger partial charge in [0.25, 0.3) is 0 Å². The van der Waals surface area contributed by atoms with Crippen molar-refractivity contribution in [2.24, 2.45) is 0 Å². The van der Waals surface area contributed by atoms with Gasteiger partial charge < -0.3 is 10.2 Å². The topological polar surface area (TPSA) is 49.4 Å². The zero-order chi connectivity index (χ0) is 12.4. The molecule has 1 N–H and O–H groups in total. The zero-order valence-corrected chi connectivity index (χ0v) is 11.3. The average molecular weight is 256 g/mol. The lowest BCUT2D eigenvalue weighted by molar-refractivity contribution is -0.151. The van der Waals surface area contributed by atoms with E-state index in [1.807, 2.05) is 30.5 Å². The van der Waals surface area contributed by atoms with Gasteiger partial charge in [0.15, 0.2) is 0 Å². The highest BCUT2D eigenvalue weighted by molar-refractivity contribution is 7.99. The Balaban J connectivity index is 2.21. The van der Waals surface area contributed by atoms with E-state index in [1.54, 1.807) is 0 Å². The largest absolute Gasteiger partial charge is 0.343 e. The van der Waals surface area contributed by atoms with Gasteiger partial charge in [0, 0.05) is 11.8 Å². The fraction of sp³-hybridized carbons (Fsp3) is 0.833. The number of carbonyl (C=O) groups is 2. The van der Waals surface area contributed by atoms with Crippen LogP contribution in [0.15, 0.2) is 0 Å². The van der Waals surface area contributed by atoms with Crippen molar-refractivity contribution in [2.45, 2.75) is 51.2 Å². The van der Waals surface area contributed by atoms with Crippen molar-refractivity contribution in [3.05, 3.63) is 0 Å². The molecule has 2 aliphatic rings. The van der Waals surface area contributed by atoms with Crippen molar-refractivity contribution >= 4 is 23.6 Å². The van der Waals surface area contributed by atoms with E-state index in [4.69, 9.17) is 0 Å². The van der Waals surface area contributed by atoms with Crippen LogP contribution in [0.1, 0.15) is 33.1 Å². The van der Waals surface area contributed by atoms with Crippen LogP contribution in [-0.2, 0) is 9.59 Å². The van der Waals surface area contributed by atoms with E-state index in [0.717, 1.165) is 17.9 Å². The van der Waals surface area contributed by atoms with Gasteiger partial charge in [-0.2, -0.15) is 11.8 Å². The monoisotopic (exact) mass is 256 g/mol. The smallest absolute Gasteiger partial charge is 0.246 e. The Morgan fingerprint density at radius 1 is 1.35 bits per heavy atom. The minimum Gasteiger partial charge on any atom is -0.343 e. The molecule has 96 valence electrons. The molecule has 3 atom stereocenters. The minimum atomic E-state index is -0.309. The molecule has 2 rings (SSSR count). The second-order valence-corrected chi connectivity index (χ2v) is 5.81. The quantitative estimate of drug-likeness (QED) is 0.820. The van der Waals surface area contributed by atoms with E-state index in [-0.39, 0.29) is 29.9 Å². The first-order chi connectivity index (χ1) is 8.19. The third kappa shape index (κ3) is 2.30. The van der Waals surface area contributed by atoms with Crippen LogP contribution >= 0.6 is 11.8 Å². The fourth-order valence-corrected chi connectivity index (χ4v) is 3.83. The molecule has 17 heavy (non-hydrogen) atoms. The number of thioether (sulfide) groups is 1. The molecule has 0 spiro atoms. The summed E-state index contributed by atoms with van der Waals surface area (Å²) in [5, 5.41) is 2.83. The van der Waals surface area contributed by atoms with Crippen molar-refractivity contribution in [3.8, 4) is 0 Å². The molecule has 0 aromatic heterocycles. The first kappa shape index (κ1) is 12.7. The van der Waals surface area contributed by atoms with Gasteiger partial charge in [-0.3, -0.25) is 9.59 Å². The summed E-state index contributed by atoms with van der Waals surface area (Å²) in [4.78, 5) is 26.2. The van der Waals surface area contributed by atoms with E-state index in [2.05, 4.69) is 5.32 Å². The summed E-state index contributed by atoms with van der Waals surface area (Å²) in [5.74, 6) is 2.22. The van der Waals surface area contributed by atoms with Crippen molar-refractivity contribution < 1.29 is 9.59 Å². The lowest BCUT2D eigenvalue weighted by atomic mass is 10.0. The molecule has 0 aromatic rings. The summed E-state index contributed by atoms with van der Waals surface area (Å²) in [5.41, 5.74) is 0. The van der Waals surface area contributed by atoms with E-state index in [0.29, 0.717) is 12.8 Å². The van der Waals surface area contributed by atoms with Crippen LogP contribution < -0.4 is 5.32 Å². The van der Waals surface area contributed by atoms with Crippen molar-refractivity contribution in [2.75, 3.05) is 11.5 Å². The molecule has 0 radical (unpaired) electrons. The normalized spacial score (nSPS) is 34.0. The Kier molecular flexibility index (Phi) is 3.97. The second kappa shape index (κ2) is 5.29. The first-order valence-corrected chi connectivity index (χ1v) is 7.54. The zero-order valence-electron chi connectivity index (χ0n) is 10.4. The highest BCUT2D eigenvalue weighted by Crippen LogP contribution is 2.27. The molecule has 2 aliphatic heterocycles. The molecule has 0 aliphatic carbocycles. The van der Waals surface area contributed by atoms with Crippen LogP contribution in [0.4, 0.5) is 0 Å². The van der Waals surface area contributed by atoms with Crippen molar-refractivity contribution in [3.63, 3.8) is 0 Å². The molecule has 2 amide bonds. The molecule has 2 heterocycles. The number of hydrogen-bond acceptors (Lipinski definition) is 3. The summed E-state index contributed by atoms with van der Waals surface area (Å²) in [7, 11) is 0. The summed E-state index contributed by atoms with van der Waals surface area (Å²) >= 11 is 1.87. The van der Waals surface area contributed by atoms with Crippen LogP contribution in [0, 0.1) is 0 Å². The predicted molar refractivity (Wildman–Crippen MR) is 68.9 cm³/mol. The Morgan fingerprint density at radius 2 is 2.12 bits per heavy atom. The predicted octanol–water partition coefficient (Wildman–Crippen LogP) is 1.01. The van der Waals surface area contributed by atoms with Crippen molar-refractivity contribution in [1.82, 2.24) is 10.2 Å². The summed E-state index contributed by atoms with van der Waals surface area (Å²) in [6, 6.07) is -0.303. The summed E-state index contributed by atoms with van der Waals surface area (Å²) in [6.45, 7) is 3.91. The summed E-state index contributed by atoms with van der Waals surface area (Å²) in [6.07, 6.45) is 2.41. The maximum absolute atomic E-state index is 12.4. The fourth-order valence-electron chi connectivity index (χ4n) is 2.62. The van der Waals surface area contributed by atoms with Crippen LogP contribution in [0.3, 0.4) is 0 Å². The van der Waals surface area contributed by atoms with Crippen LogP contribution in [0.2, 0.25) is 0 Å². The number of nitrogens with one attached hydrogen (secondary N) is 1. The average Bonchev–Trinajstić information content (AvgIpc) is 2.84. The van der Waals surface area contributed by atoms with Gasteiger partial charge >= 0.3 is 0 Å². The minimum absolute atomic E-state index is 0.0239. The molecule has 5 heteroatoms. The number of carbonyl (C=O) groups excluding carboxylic acids is 2. The lowest BCUT2D eigenvalue weighted by Crippen LogP contribution is -2.65. The van der Waals surface area contributed by atoms with E-state index in [1.165, 1.54) is 0 Å². The molecule has 2 fully saturated rings. The summed E-state index contributed by atoms with van der Waals surface area (Å²) < 4.78 is 0. The number of rotatable bonds is 3. The third-order valence-corrected chi connectivity index (χ3v) is 4.75. The van der Waals surface area contributed by atoms with Gasteiger partial charge in [-0.05, 0) is 25.0 Å². The number of amides is 2. The Bertz CT molecular complexity index is 316. The molecular weight excluding hydrogens is 236 g/mol. The van der Waals surface area contributed by atoms with Crippen LogP contribution in [0.25, 0.3) is 0 Å². The Morgan fingerprint density at radius 3 is 2.65 bits per heavy atom. The Hall–Kier alpha value is -0.710. The molecule has 0 saturated carbocycles. The van der Waals surface area contributed by atoms with Crippen LogP contribution in [0.5, 0.6) is 0 Å². The van der Waals surface area contributed by atoms with Crippen molar-refractivity contribution in [1.29, 1.82) is 0 Å². The van der Waals surface area contributed by atoms with Gasteiger partial charge in [-0.15, -0.1) is 0 Å². The maximum atomic E-state index is 12.4. The highest BCUT2D eigenvalue weighted by atomic mass is 32.2.